The van der Waals surface area contributed by atoms with Gasteiger partial charge in [0, 0.05) is 55.3 Å². The van der Waals surface area contributed by atoms with Crippen LogP contribution in [0, 0.1) is 15.9 Å². The minimum absolute atomic E-state index is 0.0588. The molecule has 1 N–H and O–H groups in total. The van der Waals surface area contributed by atoms with Crippen molar-refractivity contribution in [1.29, 1.82) is 0 Å². The minimum Gasteiger partial charge on any atom is -0.382 e. The number of piperidine rings is 1. The summed E-state index contributed by atoms with van der Waals surface area (Å²) in [6, 6.07) is 11.7. The molecule has 0 saturated carbocycles. The normalized spacial score (nSPS) is 15.1. The molecule has 0 aliphatic carbocycles. The summed E-state index contributed by atoms with van der Waals surface area (Å²) in [6.45, 7) is 1.97. The van der Waals surface area contributed by atoms with Crippen LogP contribution in [0.25, 0.3) is 0 Å². The summed E-state index contributed by atoms with van der Waals surface area (Å²) in [5, 5.41) is 14.4. The van der Waals surface area contributed by atoms with Crippen LogP contribution in [0.3, 0.4) is 0 Å². The number of anilines is 2. The zero-order chi connectivity index (χ0) is 18.5. The van der Waals surface area contributed by atoms with Crippen LogP contribution in [0.1, 0.15) is 18.4 Å². The van der Waals surface area contributed by atoms with Crippen molar-refractivity contribution in [2.75, 3.05) is 30.4 Å². The Kier molecular flexibility index (Phi) is 5.68. The number of hydrogen-bond acceptors (Lipinski definition) is 5. The van der Waals surface area contributed by atoms with Crippen LogP contribution in [0.5, 0.6) is 0 Å². The van der Waals surface area contributed by atoms with E-state index < -0.39 is 4.92 Å². The number of ether oxygens (including phenoxy) is 1. The highest BCUT2D eigenvalue weighted by atomic mass is 19.1. The summed E-state index contributed by atoms with van der Waals surface area (Å²) in [6.07, 6.45) is 1.81. The number of rotatable bonds is 6. The molecule has 3 rings (SSSR count). The third-order valence-electron chi connectivity index (χ3n) is 4.63. The monoisotopic (exact) mass is 359 g/mol. The first kappa shape index (κ1) is 18.1. The molecule has 0 amide bonds. The molecule has 2 aromatic rings. The van der Waals surface area contributed by atoms with Crippen LogP contribution in [0.2, 0.25) is 0 Å². The van der Waals surface area contributed by atoms with Gasteiger partial charge in [-0.25, -0.2) is 4.39 Å². The SMILES string of the molecule is COCc1cc([N+](=O)[O-])ccc1NC1CCN(c2cccc(F)c2)CC1. The highest BCUT2D eigenvalue weighted by molar-refractivity contribution is 5.56. The minimum atomic E-state index is -0.402. The van der Waals surface area contributed by atoms with Crippen LogP contribution in [0.4, 0.5) is 21.5 Å². The zero-order valence-corrected chi connectivity index (χ0v) is 14.7. The lowest BCUT2D eigenvalue weighted by Gasteiger charge is -2.34. The summed E-state index contributed by atoms with van der Waals surface area (Å²) in [7, 11) is 1.57. The van der Waals surface area contributed by atoms with E-state index in [1.54, 1.807) is 31.4 Å². The number of halogens is 1. The molecule has 0 aromatic heterocycles. The molecule has 6 nitrogen and oxygen atoms in total. The van der Waals surface area contributed by atoms with Crippen LogP contribution < -0.4 is 10.2 Å². The molecule has 26 heavy (non-hydrogen) atoms. The Morgan fingerprint density at radius 3 is 2.69 bits per heavy atom. The molecule has 0 unspecified atom stereocenters. The predicted molar refractivity (Wildman–Crippen MR) is 99.1 cm³/mol. The second-order valence-electron chi connectivity index (χ2n) is 6.42. The first-order valence-corrected chi connectivity index (χ1v) is 8.60. The van der Waals surface area contributed by atoms with Gasteiger partial charge in [0.05, 0.1) is 11.5 Å². The second kappa shape index (κ2) is 8.14. The van der Waals surface area contributed by atoms with Crippen molar-refractivity contribution < 1.29 is 14.1 Å². The molecular weight excluding hydrogens is 337 g/mol. The topological polar surface area (TPSA) is 67.6 Å². The third-order valence-corrected chi connectivity index (χ3v) is 4.63. The van der Waals surface area contributed by atoms with Gasteiger partial charge in [0.25, 0.3) is 5.69 Å². The fraction of sp³-hybridized carbons (Fsp3) is 0.368. The van der Waals surface area contributed by atoms with E-state index in [4.69, 9.17) is 4.74 Å². The molecule has 1 fully saturated rings. The number of nitro groups is 1. The maximum atomic E-state index is 13.4. The van der Waals surface area contributed by atoms with Crippen molar-refractivity contribution in [1.82, 2.24) is 0 Å². The number of hydrogen-bond donors (Lipinski definition) is 1. The van der Waals surface area contributed by atoms with Crippen molar-refractivity contribution in [2.45, 2.75) is 25.5 Å². The molecule has 1 aliphatic heterocycles. The Bertz CT molecular complexity index is 776. The van der Waals surface area contributed by atoms with E-state index in [-0.39, 0.29) is 17.5 Å². The first-order valence-electron chi connectivity index (χ1n) is 8.60. The van der Waals surface area contributed by atoms with Gasteiger partial charge in [0.2, 0.25) is 0 Å². The van der Waals surface area contributed by atoms with Gasteiger partial charge in [-0.3, -0.25) is 10.1 Å². The summed E-state index contributed by atoms with van der Waals surface area (Å²) in [5.74, 6) is -0.224. The van der Waals surface area contributed by atoms with Gasteiger partial charge in [-0.1, -0.05) is 6.07 Å². The van der Waals surface area contributed by atoms with Crippen LogP contribution >= 0.6 is 0 Å². The molecule has 0 atom stereocenters. The molecule has 138 valence electrons. The fourth-order valence-electron chi connectivity index (χ4n) is 3.28. The van der Waals surface area contributed by atoms with E-state index in [1.807, 2.05) is 6.07 Å². The Morgan fingerprint density at radius 2 is 2.04 bits per heavy atom. The lowest BCUT2D eigenvalue weighted by atomic mass is 10.0. The van der Waals surface area contributed by atoms with E-state index in [9.17, 15) is 14.5 Å². The highest BCUT2D eigenvalue weighted by Gasteiger charge is 2.21. The zero-order valence-electron chi connectivity index (χ0n) is 14.7. The molecule has 1 heterocycles. The van der Waals surface area contributed by atoms with E-state index in [1.165, 1.54) is 12.1 Å². The Hall–Kier alpha value is -2.67. The molecule has 7 heteroatoms. The van der Waals surface area contributed by atoms with Crippen molar-refractivity contribution in [2.24, 2.45) is 0 Å². The maximum Gasteiger partial charge on any atom is 0.269 e. The van der Waals surface area contributed by atoms with Crippen molar-refractivity contribution in [3.05, 3.63) is 64.0 Å². The summed E-state index contributed by atoms with van der Waals surface area (Å²) < 4.78 is 18.6. The molecular formula is C19H22FN3O3. The number of nitro benzene ring substituents is 1. The Morgan fingerprint density at radius 1 is 1.27 bits per heavy atom. The molecule has 1 saturated heterocycles. The summed E-state index contributed by atoms with van der Waals surface area (Å²) >= 11 is 0. The number of methoxy groups -OCH3 is 1. The molecule has 0 radical (unpaired) electrons. The summed E-state index contributed by atoms with van der Waals surface area (Å²) in [4.78, 5) is 12.7. The average molecular weight is 359 g/mol. The van der Waals surface area contributed by atoms with Crippen molar-refractivity contribution in [3.8, 4) is 0 Å². The molecule has 1 aliphatic rings. The predicted octanol–water partition coefficient (Wildman–Crippen LogP) is 3.96. The van der Waals surface area contributed by atoms with Gasteiger partial charge in [-0.05, 0) is 37.1 Å². The smallest absolute Gasteiger partial charge is 0.269 e. The number of nitrogens with one attached hydrogen (secondary N) is 1. The lowest BCUT2D eigenvalue weighted by Crippen LogP contribution is -2.39. The first-order chi connectivity index (χ1) is 12.6. The molecule has 2 aromatic carbocycles. The largest absolute Gasteiger partial charge is 0.382 e. The Labute approximate surface area is 151 Å². The van der Waals surface area contributed by atoms with Crippen LogP contribution in [0.15, 0.2) is 42.5 Å². The van der Waals surface area contributed by atoms with Gasteiger partial charge >= 0.3 is 0 Å². The van der Waals surface area contributed by atoms with Crippen LogP contribution in [-0.2, 0) is 11.3 Å². The van der Waals surface area contributed by atoms with Crippen molar-refractivity contribution in [3.63, 3.8) is 0 Å². The fourth-order valence-corrected chi connectivity index (χ4v) is 3.28. The van der Waals surface area contributed by atoms with E-state index >= 15 is 0 Å². The van der Waals surface area contributed by atoms with E-state index in [0.717, 1.165) is 42.9 Å². The van der Waals surface area contributed by atoms with Gasteiger partial charge < -0.3 is 15.0 Å². The maximum absolute atomic E-state index is 13.4. The van der Waals surface area contributed by atoms with Gasteiger partial charge in [-0.2, -0.15) is 0 Å². The third kappa shape index (κ3) is 4.29. The molecule has 0 bridgehead atoms. The van der Waals surface area contributed by atoms with Crippen LogP contribution in [-0.4, -0.2) is 31.2 Å². The number of non-ortho nitro benzene ring substituents is 1. The van der Waals surface area contributed by atoms with E-state index in [2.05, 4.69) is 10.2 Å². The van der Waals surface area contributed by atoms with E-state index in [0.29, 0.717) is 6.61 Å². The molecule has 0 spiro atoms. The highest BCUT2D eigenvalue weighted by Crippen LogP contribution is 2.27. The summed E-state index contributed by atoms with van der Waals surface area (Å²) in [5.41, 5.74) is 2.60. The standard InChI is InChI=1S/C19H22FN3O3/c1-26-13-14-11-18(23(24)25)5-6-19(14)21-16-7-9-22(10-8-16)17-4-2-3-15(20)12-17/h2-6,11-12,16,21H,7-10,13H2,1H3. The van der Waals surface area contributed by atoms with Crippen molar-refractivity contribution >= 4 is 17.1 Å². The Balaban J connectivity index is 1.64. The number of nitrogens with zero attached hydrogens (tertiary/aromatic N) is 2. The number of benzene rings is 2. The quantitative estimate of drug-likeness (QED) is 0.625. The van der Waals surface area contributed by atoms with Gasteiger partial charge in [0.15, 0.2) is 0 Å². The lowest BCUT2D eigenvalue weighted by molar-refractivity contribution is -0.384. The average Bonchev–Trinajstić information content (AvgIpc) is 2.64. The van der Waals surface area contributed by atoms with Gasteiger partial charge in [0.1, 0.15) is 5.82 Å². The van der Waals surface area contributed by atoms with Gasteiger partial charge in [-0.15, -0.1) is 0 Å². The second-order valence-corrected chi connectivity index (χ2v) is 6.42.